The molecule has 7 heteroatoms. The minimum absolute atomic E-state index is 0.226. The normalized spacial score (nSPS) is 11.7. The van der Waals surface area contributed by atoms with Crippen LogP contribution in [0.3, 0.4) is 0 Å². The zero-order valence-corrected chi connectivity index (χ0v) is 13.1. The summed E-state index contributed by atoms with van der Waals surface area (Å²) in [7, 11) is 3.06. The van der Waals surface area contributed by atoms with Gasteiger partial charge in [-0.1, -0.05) is 19.9 Å². The van der Waals surface area contributed by atoms with Gasteiger partial charge in [0.25, 0.3) is 0 Å². The van der Waals surface area contributed by atoms with E-state index in [1.165, 1.54) is 14.2 Å². The van der Waals surface area contributed by atoms with E-state index < -0.39 is 18.0 Å². The SMILES string of the molecule is COc1ccc(CNC(=O)N[C@H](C(=O)[O-])C(C)C)cc1OC. The molecule has 2 amide bonds. The minimum Gasteiger partial charge on any atom is -0.548 e. The average Bonchev–Trinajstić information content (AvgIpc) is 2.49. The van der Waals surface area contributed by atoms with Gasteiger partial charge in [0.1, 0.15) is 0 Å². The molecule has 1 aromatic carbocycles. The first-order valence-corrected chi connectivity index (χ1v) is 6.85. The topological polar surface area (TPSA) is 99.7 Å². The lowest BCUT2D eigenvalue weighted by Gasteiger charge is -2.23. The van der Waals surface area contributed by atoms with Crippen LogP contribution in [0.5, 0.6) is 11.5 Å². The summed E-state index contributed by atoms with van der Waals surface area (Å²) in [5.41, 5.74) is 0.794. The van der Waals surface area contributed by atoms with Gasteiger partial charge in [-0.2, -0.15) is 0 Å². The average molecular weight is 309 g/mol. The Morgan fingerprint density at radius 1 is 1.18 bits per heavy atom. The Hall–Kier alpha value is -2.44. The number of carboxylic acid groups (broad SMARTS) is 1. The zero-order chi connectivity index (χ0) is 16.7. The molecule has 1 aromatic rings. The molecule has 0 unspecified atom stereocenters. The smallest absolute Gasteiger partial charge is 0.315 e. The third-order valence-electron chi connectivity index (χ3n) is 3.11. The number of urea groups is 1. The van der Waals surface area contributed by atoms with Gasteiger partial charge < -0.3 is 30.0 Å². The summed E-state index contributed by atoms with van der Waals surface area (Å²) < 4.78 is 10.3. The van der Waals surface area contributed by atoms with Crippen LogP contribution in [0.1, 0.15) is 19.4 Å². The van der Waals surface area contributed by atoms with Gasteiger partial charge in [-0.3, -0.25) is 0 Å². The third kappa shape index (κ3) is 4.83. The third-order valence-corrected chi connectivity index (χ3v) is 3.11. The van der Waals surface area contributed by atoms with E-state index in [9.17, 15) is 14.7 Å². The summed E-state index contributed by atoms with van der Waals surface area (Å²) >= 11 is 0. The fourth-order valence-electron chi connectivity index (χ4n) is 1.86. The molecule has 122 valence electrons. The van der Waals surface area contributed by atoms with Crippen molar-refractivity contribution in [3.63, 3.8) is 0 Å². The number of carbonyl (C=O) groups is 2. The molecule has 7 nitrogen and oxygen atoms in total. The van der Waals surface area contributed by atoms with Gasteiger partial charge in [-0.15, -0.1) is 0 Å². The van der Waals surface area contributed by atoms with E-state index in [0.29, 0.717) is 11.5 Å². The van der Waals surface area contributed by atoms with Crippen molar-refractivity contribution in [1.29, 1.82) is 0 Å². The van der Waals surface area contributed by atoms with Gasteiger partial charge in [-0.05, 0) is 23.6 Å². The lowest BCUT2D eigenvalue weighted by Crippen LogP contribution is -2.53. The molecule has 0 spiro atoms. The Kier molecular flexibility index (Phi) is 6.49. The van der Waals surface area contributed by atoms with E-state index >= 15 is 0 Å². The molecule has 0 bridgehead atoms. The summed E-state index contributed by atoms with van der Waals surface area (Å²) in [6.45, 7) is 3.61. The van der Waals surface area contributed by atoms with Gasteiger partial charge in [0.05, 0.1) is 26.2 Å². The van der Waals surface area contributed by atoms with Gasteiger partial charge >= 0.3 is 6.03 Å². The lowest BCUT2D eigenvalue weighted by atomic mass is 10.1. The molecular weight excluding hydrogens is 288 g/mol. The highest BCUT2D eigenvalue weighted by molar-refractivity contribution is 5.81. The van der Waals surface area contributed by atoms with Crippen LogP contribution in [0.2, 0.25) is 0 Å². The van der Waals surface area contributed by atoms with Crippen molar-refractivity contribution < 1.29 is 24.2 Å². The number of carboxylic acids is 1. The lowest BCUT2D eigenvalue weighted by molar-refractivity contribution is -0.309. The van der Waals surface area contributed by atoms with Gasteiger partial charge in [-0.25, -0.2) is 4.79 Å². The number of methoxy groups -OCH3 is 2. The van der Waals surface area contributed by atoms with Crippen LogP contribution in [-0.4, -0.2) is 32.3 Å². The maximum absolute atomic E-state index is 11.7. The van der Waals surface area contributed by atoms with E-state index in [4.69, 9.17) is 9.47 Å². The molecule has 1 atom stereocenters. The number of benzene rings is 1. The highest BCUT2D eigenvalue weighted by Crippen LogP contribution is 2.27. The number of hydrogen-bond acceptors (Lipinski definition) is 5. The molecule has 0 heterocycles. The molecule has 0 aliphatic carbocycles. The molecule has 0 aliphatic heterocycles. The fraction of sp³-hybridized carbons (Fsp3) is 0.467. The Bertz CT molecular complexity index is 531. The van der Waals surface area contributed by atoms with Crippen LogP contribution in [0.15, 0.2) is 18.2 Å². The van der Waals surface area contributed by atoms with E-state index in [1.807, 2.05) is 0 Å². The number of rotatable bonds is 7. The second kappa shape index (κ2) is 8.11. The van der Waals surface area contributed by atoms with Crippen LogP contribution in [-0.2, 0) is 11.3 Å². The molecule has 0 fully saturated rings. The quantitative estimate of drug-likeness (QED) is 0.753. The van der Waals surface area contributed by atoms with Crippen LogP contribution in [0, 0.1) is 5.92 Å². The van der Waals surface area contributed by atoms with Crippen LogP contribution in [0.4, 0.5) is 4.79 Å². The van der Waals surface area contributed by atoms with E-state index in [1.54, 1.807) is 32.0 Å². The van der Waals surface area contributed by atoms with Crippen LogP contribution in [0.25, 0.3) is 0 Å². The van der Waals surface area contributed by atoms with Gasteiger partial charge in [0.15, 0.2) is 11.5 Å². The Morgan fingerprint density at radius 2 is 1.82 bits per heavy atom. The predicted octanol–water partition coefficient (Wildman–Crippen LogP) is 0.277. The largest absolute Gasteiger partial charge is 0.548 e. The van der Waals surface area contributed by atoms with Crippen molar-refractivity contribution in [1.82, 2.24) is 10.6 Å². The molecular formula is C15H21N2O5-. The van der Waals surface area contributed by atoms with Gasteiger partial charge in [0, 0.05) is 6.54 Å². The van der Waals surface area contributed by atoms with Crippen LogP contribution >= 0.6 is 0 Å². The summed E-state index contributed by atoms with van der Waals surface area (Å²) in [6, 6.07) is 3.63. The van der Waals surface area contributed by atoms with Crippen molar-refractivity contribution in [2.75, 3.05) is 14.2 Å². The minimum atomic E-state index is -1.31. The highest BCUT2D eigenvalue weighted by atomic mass is 16.5. The number of carbonyl (C=O) groups excluding carboxylic acids is 2. The standard InChI is InChI=1S/C15H22N2O5/c1-9(2)13(14(18)19)17-15(20)16-8-10-5-6-11(21-3)12(7-10)22-4/h5-7,9,13H,8H2,1-4H3,(H,18,19)(H2,16,17,20)/p-1/t13-/m0/s1. The monoisotopic (exact) mass is 309 g/mol. The number of nitrogens with one attached hydrogen (secondary N) is 2. The number of ether oxygens (including phenoxy) is 2. The number of aliphatic carboxylic acids is 1. The van der Waals surface area contributed by atoms with E-state index in [2.05, 4.69) is 10.6 Å². The van der Waals surface area contributed by atoms with Crippen molar-refractivity contribution in [3.05, 3.63) is 23.8 Å². The molecule has 0 saturated carbocycles. The molecule has 22 heavy (non-hydrogen) atoms. The molecule has 0 aromatic heterocycles. The summed E-state index contributed by atoms with van der Waals surface area (Å²) in [6.07, 6.45) is 0. The molecule has 0 aliphatic rings. The van der Waals surface area contributed by atoms with Crippen molar-refractivity contribution >= 4 is 12.0 Å². The second-order valence-corrected chi connectivity index (χ2v) is 5.06. The molecule has 2 N–H and O–H groups in total. The van der Waals surface area contributed by atoms with Crippen molar-refractivity contribution in [2.24, 2.45) is 5.92 Å². The predicted molar refractivity (Wildman–Crippen MR) is 78.6 cm³/mol. The Labute approximate surface area is 129 Å². The highest BCUT2D eigenvalue weighted by Gasteiger charge is 2.17. The molecule has 0 saturated heterocycles. The first kappa shape index (κ1) is 17.6. The summed E-state index contributed by atoms with van der Waals surface area (Å²) in [4.78, 5) is 22.7. The number of hydrogen-bond donors (Lipinski definition) is 2. The van der Waals surface area contributed by atoms with Crippen molar-refractivity contribution in [2.45, 2.75) is 26.4 Å². The maximum Gasteiger partial charge on any atom is 0.315 e. The molecule has 1 rings (SSSR count). The van der Waals surface area contributed by atoms with E-state index in [0.717, 1.165) is 5.56 Å². The Morgan fingerprint density at radius 3 is 2.32 bits per heavy atom. The summed E-state index contributed by atoms with van der Waals surface area (Å²) in [5, 5.41) is 15.9. The second-order valence-electron chi connectivity index (χ2n) is 5.06. The van der Waals surface area contributed by atoms with Crippen LogP contribution < -0.4 is 25.2 Å². The first-order valence-electron chi connectivity index (χ1n) is 6.85. The Balaban J connectivity index is 2.62. The van der Waals surface area contributed by atoms with E-state index in [-0.39, 0.29) is 12.5 Å². The fourth-order valence-corrected chi connectivity index (χ4v) is 1.86. The maximum atomic E-state index is 11.7. The molecule has 0 radical (unpaired) electrons. The number of amides is 2. The van der Waals surface area contributed by atoms with Gasteiger partial charge in [0.2, 0.25) is 0 Å². The van der Waals surface area contributed by atoms with Crippen molar-refractivity contribution in [3.8, 4) is 11.5 Å². The summed E-state index contributed by atoms with van der Waals surface area (Å²) in [5.74, 6) is -0.433. The first-order chi connectivity index (χ1) is 10.4. The zero-order valence-electron chi connectivity index (χ0n) is 13.1.